The molecule has 1 heterocycles. The highest BCUT2D eigenvalue weighted by atomic mass is 35.5. The van der Waals surface area contributed by atoms with Crippen LogP contribution in [0.1, 0.15) is 11.3 Å². The summed E-state index contributed by atoms with van der Waals surface area (Å²) in [7, 11) is 0. The highest BCUT2D eigenvalue weighted by molar-refractivity contribution is 6.17. The molecule has 0 spiro atoms. The van der Waals surface area contributed by atoms with Crippen LogP contribution < -0.4 is 5.32 Å². The Morgan fingerprint density at radius 3 is 2.50 bits per heavy atom. The molecule has 100 valence electrons. The summed E-state index contributed by atoms with van der Waals surface area (Å²) in [5.74, 6) is 1.27. The number of anilines is 2. The van der Waals surface area contributed by atoms with Crippen LogP contribution in [-0.2, 0) is 5.88 Å². The predicted octanol–water partition coefficient (Wildman–Crippen LogP) is 4.42. The third-order valence-electron chi connectivity index (χ3n) is 3.09. The number of para-hydroxylation sites is 2. The van der Waals surface area contributed by atoms with E-state index in [0.29, 0.717) is 5.88 Å². The summed E-state index contributed by atoms with van der Waals surface area (Å²) in [4.78, 5) is 9.18. The summed E-state index contributed by atoms with van der Waals surface area (Å²) < 4.78 is 0. The van der Waals surface area contributed by atoms with E-state index in [0.717, 1.165) is 33.8 Å². The Labute approximate surface area is 122 Å². The third kappa shape index (κ3) is 2.58. The van der Waals surface area contributed by atoms with Crippen LogP contribution in [0.25, 0.3) is 11.0 Å². The van der Waals surface area contributed by atoms with Gasteiger partial charge in [0, 0.05) is 11.6 Å². The van der Waals surface area contributed by atoms with E-state index in [-0.39, 0.29) is 0 Å². The van der Waals surface area contributed by atoms with Gasteiger partial charge >= 0.3 is 0 Å². The zero-order valence-electron chi connectivity index (χ0n) is 11.1. The number of halogens is 1. The van der Waals surface area contributed by atoms with Gasteiger partial charge in [-0.15, -0.1) is 11.6 Å². The molecule has 1 N–H and O–H groups in total. The fraction of sp³-hybridized carbons (Fsp3) is 0.125. The molecule has 3 nitrogen and oxygen atoms in total. The first-order valence-corrected chi connectivity index (χ1v) is 6.95. The van der Waals surface area contributed by atoms with Crippen LogP contribution in [0.5, 0.6) is 0 Å². The molecular formula is C16H14ClN3. The standard InChI is InChI=1S/C16H14ClN3/c1-11-16(19-13-6-4-5-12(9-13)10-17)20-15-8-3-2-7-14(15)18-11/h2-9H,10H2,1H3,(H,19,20). The summed E-state index contributed by atoms with van der Waals surface area (Å²) in [6.45, 7) is 1.95. The molecule has 0 saturated heterocycles. The number of benzene rings is 2. The summed E-state index contributed by atoms with van der Waals surface area (Å²) >= 11 is 5.86. The minimum absolute atomic E-state index is 0.498. The van der Waals surface area contributed by atoms with Crippen LogP contribution in [0, 0.1) is 6.92 Å². The number of hydrogen-bond acceptors (Lipinski definition) is 3. The molecule has 2 aromatic carbocycles. The number of fused-ring (bicyclic) bond motifs is 1. The highest BCUT2D eigenvalue weighted by Gasteiger charge is 2.05. The van der Waals surface area contributed by atoms with Crippen molar-refractivity contribution in [3.05, 3.63) is 59.8 Å². The molecule has 0 fully saturated rings. The van der Waals surface area contributed by atoms with Gasteiger partial charge in [0.2, 0.25) is 0 Å². The topological polar surface area (TPSA) is 37.8 Å². The number of nitrogens with one attached hydrogen (secondary N) is 1. The summed E-state index contributed by atoms with van der Waals surface area (Å²) in [5.41, 5.74) is 4.71. The second-order valence-electron chi connectivity index (χ2n) is 4.61. The average Bonchev–Trinajstić information content (AvgIpc) is 2.48. The Hall–Kier alpha value is -2.13. The van der Waals surface area contributed by atoms with Crippen molar-refractivity contribution in [2.45, 2.75) is 12.8 Å². The zero-order valence-corrected chi connectivity index (χ0v) is 11.9. The molecule has 20 heavy (non-hydrogen) atoms. The molecule has 0 atom stereocenters. The largest absolute Gasteiger partial charge is 0.339 e. The van der Waals surface area contributed by atoms with Crippen LogP contribution in [0.2, 0.25) is 0 Å². The van der Waals surface area contributed by atoms with Gasteiger partial charge in [-0.1, -0.05) is 24.3 Å². The SMILES string of the molecule is Cc1nc2ccccc2nc1Nc1cccc(CCl)c1. The maximum atomic E-state index is 5.86. The van der Waals surface area contributed by atoms with Crippen molar-refractivity contribution in [3.8, 4) is 0 Å². The monoisotopic (exact) mass is 283 g/mol. The normalized spacial score (nSPS) is 10.7. The minimum Gasteiger partial charge on any atom is -0.339 e. The first kappa shape index (κ1) is 12.9. The maximum Gasteiger partial charge on any atom is 0.152 e. The number of aromatic nitrogens is 2. The Bertz CT molecular complexity index is 756. The second kappa shape index (κ2) is 5.47. The molecule has 3 rings (SSSR count). The number of nitrogens with zero attached hydrogens (tertiary/aromatic N) is 2. The Morgan fingerprint density at radius 2 is 1.75 bits per heavy atom. The summed E-state index contributed by atoms with van der Waals surface area (Å²) in [5, 5.41) is 3.31. The number of aryl methyl sites for hydroxylation is 1. The van der Waals surface area contributed by atoms with E-state index in [2.05, 4.69) is 15.3 Å². The van der Waals surface area contributed by atoms with E-state index in [1.54, 1.807) is 0 Å². The van der Waals surface area contributed by atoms with Gasteiger partial charge in [-0.25, -0.2) is 9.97 Å². The van der Waals surface area contributed by atoms with Gasteiger partial charge in [-0.05, 0) is 36.8 Å². The lowest BCUT2D eigenvalue weighted by molar-refractivity contribution is 1.18. The molecule has 0 aliphatic carbocycles. The lowest BCUT2D eigenvalue weighted by atomic mass is 10.2. The molecule has 0 amide bonds. The number of alkyl halides is 1. The van der Waals surface area contributed by atoms with Crippen molar-refractivity contribution in [1.29, 1.82) is 0 Å². The third-order valence-corrected chi connectivity index (χ3v) is 3.40. The molecule has 0 unspecified atom stereocenters. The highest BCUT2D eigenvalue weighted by Crippen LogP contribution is 2.21. The van der Waals surface area contributed by atoms with Crippen LogP contribution in [0.15, 0.2) is 48.5 Å². The molecule has 3 aromatic rings. The predicted molar refractivity (Wildman–Crippen MR) is 83.6 cm³/mol. The van der Waals surface area contributed by atoms with E-state index in [1.165, 1.54) is 0 Å². The van der Waals surface area contributed by atoms with Crippen molar-refractivity contribution < 1.29 is 0 Å². The van der Waals surface area contributed by atoms with Crippen molar-refractivity contribution in [2.24, 2.45) is 0 Å². The van der Waals surface area contributed by atoms with Crippen LogP contribution in [-0.4, -0.2) is 9.97 Å². The van der Waals surface area contributed by atoms with Crippen molar-refractivity contribution >= 4 is 34.1 Å². The smallest absolute Gasteiger partial charge is 0.152 e. The minimum atomic E-state index is 0.498. The molecular weight excluding hydrogens is 270 g/mol. The molecule has 4 heteroatoms. The van der Waals surface area contributed by atoms with E-state index >= 15 is 0 Å². The van der Waals surface area contributed by atoms with Crippen molar-refractivity contribution in [2.75, 3.05) is 5.32 Å². The Morgan fingerprint density at radius 1 is 1.00 bits per heavy atom. The van der Waals surface area contributed by atoms with Crippen LogP contribution in [0.4, 0.5) is 11.5 Å². The van der Waals surface area contributed by atoms with E-state index in [9.17, 15) is 0 Å². The molecule has 0 saturated carbocycles. The van der Waals surface area contributed by atoms with E-state index in [4.69, 9.17) is 11.6 Å². The lowest BCUT2D eigenvalue weighted by Crippen LogP contribution is -1.99. The average molecular weight is 284 g/mol. The summed E-state index contributed by atoms with van der Waals surface area (Å²) in [6.07, 6.45) is 0. The fourth-order valence-corrected chi connectivity index (χ4v) is 2.24. The van der Waals surface area contributed by atoms with E-state index < -0.39 is 0 Å². The van der Waals surface area contributed by atoms with Gasteiger partial charge in [0.1, 0.15) is 0 Å². The van der Waals surface area contributed by atoms with Gasteiger partial charge in [-0.2, -0.15) is 0 Å². The quantitative estimate of drug-likeness (QED) is 0.723. The number of rotatable bonds is 3. The molecule has 0 bridgehead atoms. The first-order valence-electron chi connectivity index (χ1n) is 6.41. The first-order chi connectivity index (χ1) is 9.76. The van der Waals surface area contributed by atoms with Gasteiger partial charge in [-0.3, -0.25) is 0 Å². The van der Waals surface area contributed by atoms with E-state index in [1.807, 2.05) is 55.5 Å². The molecule has 0 aliphatic heterocycles. The lowest BCUT2D eigenvalue weighted by Gasteiger charge is -2.10. The van der Waals surface area contributed by atoms with Crippen LogP contribution in [0.3, 0.4) is 0 Å². The van der Waals surface area contributed by atoms with Crippen LogP contribution >= 0.6 is 11.6 Å². The van der Waals surface area contributed by atoms with Gasteiger partial charge in [0.25, 0.3) is 0 Å². The fourth-order valence-electron chi connectivity index (χ4n) is 2.08. The van der Waals surface area contributed by atoms with Gasteiger partial charge in [0.05, 0.1) is 16.7 Å². The van der Waals surface area contributed by atoms with Gasteiger partial charge < -0.3 is 5.32 Å². The zero-order chi connectivity index (χ0) is 13.9. The molecule has 0 radical (unpaired) electrons. The van der Waals surface area contributed by atoms with Gasteiger partial charge in [0.15, 0.2) is 5.82 Å². The summed E-state index contributed by atoms with van der Waals surface area (Å²) in [6, 6.07) is 15.8. The van der Waals surface area contributed by atoms with Crippen molar-refractivity contribution in [1.82, 2.24) is 9.97 Å². The molecule has 0 aliphatic rings. The Balaban J connectivity index is 1.99. The second-order valence-corrected chi connectivity index (χ2v) is 4.87. The number of hydrogen-bond donors (Lipinski definition) is 1. The van der Waals surface area contributed by atoms with Crippen molar-refractivity contribution in [3.63, 3.8) is 0 Å². The Kier molecular flexibility index (Phi) is 3.52. The maximum absolute atomic E-state index is 5.86. The molecule has 1 aromatic heterocycles.